The van der Waals surface area contributed by atoms with Crippen LogP contribution >= 0.6 is 0 Å². The van der Waals surface area contributed by atoms with Gasteiger partial charge in [0.15, 0.2) is 0 Å². The van der Waals surface area contributed by atoms with Gasteiger partial charge in [-0.15, -0.1) is 0 Å². The van der Waals surface area contributed by atoms with Gasteiger partial charge in [-0.3, -0.25) is 9.10 Å². The van der Waals surface area contributed by atoms with Crippen molar-refractivity contribution in [1.29, 1.82) is 0 Å². The van der Waals surface area contributed by atoms with Crippen molar-refractivity contribution in [2.24, 2.45) is 0 Å². The predicted molar refractivity (Wildman–Crippen MR) is 130 cm³/mol. The third-order valence-corrected chi connectivity index (χ3v) is 6.24. The minimum Gasteiger partial charge on any atom is -0.497 e. The van der Waals surface area contributed by atoms with E-state index in [0.717, 1.165) is 28.8 Å². The smallest absolute Gasteiger partial charge is 0.416 e. The fraction of sp³-hybridized carbons (Fsp3) is 0.240. The molecule has 3 rings (SSSR count). The fourth-order valence-electron chi connectivity index (χ4n) is 3.29. The van der Waals surface area contributed by atoms with Crippen LogP contribution in [0, 0.1) is 0 Å². The molecular weight excluding hydrogens is 497 g/mol. The summed E-state index contributed by atoms with van der Waals surface area (Å²) >= 11 is 0. The van der Waals surface area contributed by atoms with Crippen molar-refractivity contribution in [2.45, 2.75) is 12.7 Å². The maximum absolute atomic E-state index is 13.1. The Morgan fingerprint density at radius 1 is 0.972 bits per heavy atom. The van der Waals surface area contributed by atoms with Gasteiger partial charge in [0.25, 0.3) is 5.91 Å². The SMILES string of the molecule is COc1cccc(OCCNC(=O)c2ccc(CN(c3cccc(C(F)(F)F)c3)S(C)(=O)=O)cc2)c1. The van der Waals surface area contributed by atoms with Gasteiger partial charge in [-0.05, 0) is 48.0 Å². The zero-order valence-electron chi connectivity index (χ0n) is 19.6. The normalized spacial score (nSPS) is 11.6. The lowest BCUT2D eigenvalue weighted by Crippen LogP contribution is -2.30. The highest BCUT2D eigenvalue weighted by atomic mass is 32.2. The summed E-state index contributed by atoms with van der Waals surface area (Å²) in [5, 5.41) is 2.72. The van der Waals surface area contributed by atoms with Crippen LogP contribution in [0.1, 0.15) is 21.5 Å². The number of anilines is 1. The van der Waals surface area contributed by atoms with Gasteiger partial charge < -0.3 is 14.8 Å². The second-order valence-electron chi connectivity index (χ2n) is 7.80. The Labute approximate surface area is 207 Å². The van der Waals surface area contributed by atoms with Crippen LogP contribution in [-0.2, 0) is 22.7 Å². The monoisotopic (exact) mass is 522 g/mol. The average molecular weight is 523 g/mol. The number of nitrogens with zero attached hydrogens (tertiary/aromatic N) is 1. The number of amides is 1. The van der Waals surface area contributed by atoms with Crippen LogP contribution in [0.2, 0.25) is 0 Å². The molecule has 0 fully saturated rings. The van der Waals surface area contributed by atoms with Gasteiger partial charge >= 0.3 is 6.18 Å². The third-order valence-electron chi connectivity index (χ3n) is 5.10. The quantitative estimate of drug-likeness (QED) is 0.397. The molecule has 3 aromatic carbocycles. The molecule has 0 atom stereocenters. The lowest BCUT2D eigenvalue weighted by atomic mass is 10.1. The molecule has 192 valence electrons. The van der Waals surface area contributed by atoms with Crippen LogP contribution in [0.15, 0.2) is 72.8 Å². The molecule has 0 spiro atoms. The van der Waals surface area contributed by atoms with Crippen molar-refractivity contribution < 1.29 is 35.9 Å². The molecule has 36 heavy (non-hydrogen) atoms. The topological polar surface area (TPSA) is 84.9 Å². The Hall–Kier alpha value is -3.73. The van der Waals surface area contributed by atoms with E-state index < -0.39 is 21.8 Å². The van der Waals surface area contributed by atoms with Crippen molar-refractivity contribution in [3.8, 4) is 11.5 Å². The summed E-state index contributed by atoms with van der Waals surface area (Å²) in [5.74, 6) is 0.900. The van der Waals surface area contributed by atoms with Crippen LogP contribution in [-0.4, -0.2) is 40.8 Å². The average Bonchev–Trinajstić information content (AvgIpc) is 2.84. The fourth-order valence-corrected chi connectivity index (χ4v) is 4.17. The molecule has 0 aromatic heterocycles. The number of sulfonamides is 1. The van der Waals surface area contributed by atoms with Crippen LogP contribution in [0.5, 0.6) is 11.5 Å². The van der Waals surface area contributed by atoms with E-state index in [9.17, 15) is 26.4 Å². The first-order chi connectivity index (χ1) is 17.0. The van der Waals surface area contributed by atoms with Crippen molar-refractivity contribution >= 4 is 21.6 Å². The number of hydrogen-bond acceptors (Lipinski definition) is 5. The molecule has 3 aromatic rings. The second-order valence-corrected chi connectivity index (χ2v) is 9.70. The molecule has 0 aliphatic carbocycles. The highest BCUT2D eigenvalue weighted by Gasteiger charge is 2.31. The maximum Gasteiger partial charge on any atom is 0.416 e. The van der Waals surface area contributed by atoms with E-state index in [2.05, 4.69) is 5.32 Å². The zero-order valence-corrected chi connectivity index (χ0v) is 20.4. The number of rotatable bonds is 10. The van der Waals surface area contributed by atoms with E-state index in [4.69, 9.17) is 9.47 Å². The van der Waals surface area contributed by atoms with E-state index in [-0.39, 0.29) is 31.3 Å². The molecule has 7 nitrogen and oxygen atoms in total. The minimum atomic E-state index is -4.60. The first kappa shape index (κ1) is 26.9. The summed E-state index contributed by atoms with van der Waals surface area (Å²) in [6.45, 7) is 0.281. The number of hydrogen-bond donors (Lipinski definition) is 1. The minimum absolute atomic E-state index is 0.106. The van der Waals surface area contributed by atoms with E-state index in [0.29, 0.717) is 22.6 Å². The summed E-state index contributed by atoms with van der Waals surface area (Å²) in [6.07, 6.45) is -3.68. The first-order valence-corrected chi connectivity index (χ1v) is 12.6. The highest BCUT2D eigenvalue weighted by Crippen LogP contribution is 2.32. The van der Waals surface area contributed by atoms with Gasteiger partial charge in [-0.25, -0.2) is 8.42 Å². The van der Waals surface area contributed by atoms with Gasteiger partial charge in [-0.2, -0.15) is 13.2 Å². The molecule has 0 unspecified atom stereocenters. The number of halogens is 3. The largest absolute Gasteiger partial charge is 0.497 e. The molecule has 0 heterocycles. The number of nitrogens with one attached hydrogen (secondary N) is 1. The zero-order chi connectivity index (χ0) is 26.3. The summed E-state index contributed by atoms with van der Waals surface area (Å²) in [5.41, 5.74) is -0.220. The molecule has 1 N–H and O–H groups in total. The van der Waals surface area contributed by atoms with Crippen molar-refractivity contribution in [3.05, 3.63) is 89.5 Å². The number of alkyl halides is 3. The van der Waals surface area contributed by atoms with Gasteiger partial charge in [0, 0.05) is 11.6 Å². The van der Waals surface area contributed by atoms with Gasteiger partial charge in [-0.1, -0.05) is 24.3 Å². The van der Waals surface area contributed by atoms with Crippen molar-refractivity contribution in [1.82, 2.24) is 5.32 Å². The second kappa shape index (κ2) is 11.3. The third kappa shape index (κ3) is 7.38. The lowest BCUT2D eigenvalue weighted by Gasteiger charge is -2.23. The van der Waals surface area contributed by atoms with Gasteiger partial charge in [0.2, 0.25) is 10.0 Å². The molecule has 0 radical (unpaired) electrons. The molecule has 0 aliphatic heterocycles. The first-order valence-electron chi connectivity index (χ1n) is 10.8. The number of benzene rings is 3. The molecule has 0 aliphatic rings. The highest BCUT2D eigenvalue weighted by molar-refractivity contribution is 7.92. The maximum atomic E-state index is 13.1. The lowest BCUT2D eigenvalue weighted by molar-refractivity contribution is -0.137. The van der Waals surface area contributed by atoms with Crippen LogP contribution < -0.4 is 19.1 Å². The summed E-state index contributed by atoms with van der Waals surface area (Å²) in [4.78, 5) is 12.4. The van der Waals surface area contributed by atoms with Crippen LogP contribution in [0.3, 0.4) is 0 Å². The summed E-state index contributed by atoms with van der Waals surface area (Å²) in [6, 6.07) is 17.3. The van der Waals surface area contributed by atoms with E-state index >= 15 is 0 Å². The number of methoxy groups -OCH3 is 1. The Morgan fingerprint density at radius 3 is 2.28 bits per heavy atom. The van der Waals surface area contributed by atoms with Crippen LogP contribution in [0.4, 0.5) is 18.9 Å². The van der Waals surface area contributed by atoms with E-state index in [1.54, 1.807) is 43.5 Å². The Bertz CT molecular complexity index is 1300. The predicted octanol–water partition coefficient (Wildman–Crippen LogP) is 4.49. The standard InChI is InChI=1S/C25H25F3N2O5S/c1-34-22-7-4-8-23(16-22)35-14-13-29-24(31)19-11-9-18(10-12-19)17-30(36(2,32)33)21-6-3-5-20(15-21)25(26,27)28/h3-12,15-16H,13-14,17H2,1-2H3,(H,29,31). The Kier molecular flexibility index (Phi) is 8.46. The van der Waals surface area contributed by atoms with Crippen LogP contribution in [0.25, 0.3) is 0 Å². The molecule has 11 heteroatoms. The van der Waals surface area contributed by atoms with Crippen molar-refractivity contribution in [3.63, 3.8) is 0 Å². The van der Waals surface area contributed by atoms with Gasteiger partial charge in [0.05, 0.1) is 37.7 Å². The molecule has 0 bridgehead atoms. The Balaban J connectivity index is 1.61. The number of carbonyl (C=O) groups excluding carboxylic acids is 1. The summed E-state index contributed by atoms with van der Waals surface area (Å²) in [7, 11) is -2.33. The van der Waals surface area contributed by atoms with E-state index in [1.165, 1.54) is 18.2 Å². The summed E-state index contributed by atoms with van der Waals surface area (Å²) < 4.78 is 75.5. The molecule has 0 saturated heterocycles. The van der Waals surface area contributed by atoms with Crippen molar-refractivity contribution in [2.75, 3.05) is 30.8 Å². The number of carbonyl (C=O) groups is 1. The Morgan fingerprint density at radius 2 is 1.64 bits per heavy atom. The number of ether oxygens (including phenoxy) is 2. The molecular formula is C25H25F3N2O5S. The van der Waals surface area contributed by atoms with Gasteiger partial charge in [0.1, 0.15) is 18.1 Å². The molecule has 1 amide bonds. The van der Waals surface area contributed by atoms with E-state index in [1.807, 2.05) is 0 Å². The molecule has 0 saturated carbocycles.